The Kier molecular flexibility index (Phi) is 5.00. The Balaban J connectivity index is 2.30. The second kappa shape index (κ2) is 6.95. The molecule has 0 aliphatic heterocycles. The molecule has 21 heavy (non-hydrogen) atoms. The molecule has 0 bridgehead atoms. The summed E-state index contributed by atoms with van der Waals surface area (Å²) in [6.45, 7) is 0. The average Bonchev–Trinajstić information content (AvgIpc) is 3.05. The summed E-state index contributed by atoms with van der Waals surface area (Å²) in [5, 5.41) is 1.88. The Hall–Kier alpha value is -2.27. The fourth-order valence-corrected chi connectivity index (χ4v) is 2.52. The van der Waals surface area contributed by atoms with Crippen LogP contribution in [0.2, 0.25) is 0 Å². The molecule has 5 heteroatoms. The van der Waals surface area contributed by atoms with Gasteiger partial charge in [-0.15, -0.1) is 11.3 Å². The molecule has 4 nitrogen and oxygen atoms in total. The van der Waals surface area contributed by atoms with Crippen LogP contribution in [0.5, 0.6) is 17.2 Å². The van der Waals surface area contributed by atoms with E-state index in [1.807, 2.05) is 11.4 Å². The lowest BCUT2D eigenvalue weighted by atomic mass is 10.1. The molecule has 0 fully saturated rings. The number of carbonyl (C=O) groups excluding carboxylic acids is 1. The van der Waals surface area contributed by atoms with Gasteiger partial charge in [-0.25, -0.2) is 0 Å². The monoisotopic (exact) mass is 304 g/mol. The van der Waals surface area contributed by atoms with Crippen molar-refractivity contribution in [2.24, 2.45) is 0 Å². The number of hydrogen-bond donors (Lipinski definition) is 0. The topological polar surface area (TPSA) is 44.8 Å². The first-order valence-corrected chi connectivity index (χ1v) is 7.13. The molecule has 0 aliphatic rings. The highest BCUT2D eigenvalue weighted by Crippen LogP contribution is 2.38. The predicted molar refractivity (Wildman–Crippen MR) is 83.8 cm³/mol. The van der Waals surface area contributed by atoms with E-state index in [1.165, 1.54) is 17.4 Å². The highest BCUT2D eigenvalue weighted by molar-refractivity contribution is 7.12. The third kappa shape index (κ3) is 3.44. The van der Waals surface area contributed by atoms with Gasteiger partial charge in [-0.1, -0.05) is 12.1 Å². The first-order chi connectivity index (χ1) is 10.2. The number of ether oxygens (including phenoxy) is 3. The first-order valence-electron chi connectivity index (χ1n) is 6.25. The molecule has 2 rings (SSSR count). The van der Waals surface area contributed by atoms with E-state index in [2.05, 4.69) is 0 Å². The maximum Gasteiger partial charge on any atom is 0.203 e. The summed E-state index contributed by atoms with van der Waals surface area (Å²) >= 11 is 1.42. The maximum absolute atomic E-state index is 11.9. The third-order valence-corrected chi connectivity index (χ3v) is 3.76. The summed E-state index contributed by atoms with van der Waals surface area (Å²) in [5.41, 5.74) is 0.800. The molecule has 2 aromatic rings. The lowest BCUT2D eigenvalue weighted by molar-refractivity contribution is 0.105. The Labute approximate surface area is 127 Å². The molecular formula is C16H16O4S. The number of ketones is 1. The zero-order valence-electron chi connectivity index (χ0n) is 12.1. The van der Waals surface area contributed by atoms with E-state index in [9.17, 15) is 4.79 Å². The minimum atomic E-state index is -0.0289. The van der Waals surface area contributed by atoms with E-state index in [1.54, 1.807) is 45.6 Å². The molecule has 0 saturated heterocycles. The third-order valence-electron chi connectivity index (χ3n) is 2.88. The summed E-state index contributed by atoms with van der Waals surface area (Å²) in [4.78, 5) is 12.7. The molecule has 1 heterocycles. The van der Waals surface area contributed by atoms with Crippen LogP contribution in [0.1, 0.15) is 15.2 Å². The first kappa shape index (κ1) is 15.1. The van der Waals surface area contributed by atoms with Crippen molar-refractivity contribution < 1.29 is 19.0 Å². The number of hydrogen-bond acceptors (Lipinski definition) is 5. The van der Waals surface area contributed by atoms with Crippen LogP contribution in [-0.4, -0.2) is 27.1 Å². The van der Waals surface area contributed by atoms with Crippen molar-refractivity contribution in [1.82, 2.24) is 0 Å². The van der Waals surface area contributed by atoms with E-state index in [0.717, 1.165) is 5.56 Å². The van der Waals surface area contributed by atoms with Crippen LogP contribution in [0.15, 0.2) is 35.7 Å². The molecule has 0 radical (unpaired) electrons. The largest absolute Gasteiger partial charge is 0.493 e. The summed E-state index contributed by atoms with van der Waals surface area (Å²) in [6.07, 6.45) is 3.26. The Morgan fingerprint density at radius 1 is 1.10 bits per heavy atom. The number of methoxy groups -OCH3 is 3. The molecule has 0 spiro atoms. The molecule has 1 aromatic carbocycles. The van der Waals surface area contributed by atoms with E-state index in [0.29, 0.717) is 22.1 Å². The van der Waals surface area contributed by atoms with Gasteiger partial charge in [0.1, 0.15) is 0 Å². The van der Waals surface area contributed by atoms with Crippen molar-refractivity contribution in [1.29, 1.82) is 0 Å². The van der Waals surface area contributed by atoms with Crippen LogP contribution >= 0.6 is 11.3 Å². The highest BCUT2D eigenvalue weighted by atomic mass is 32.1. The normalized spacial score (nSPS) is 10.6. The van der Waals surface area contributed by atoms with Crippen molar-refractivity contribution in [2.75, 3.05) is 21.3 Å². The van der Waals surface area contributed by atoms with Crippen molar-refractivity contribution in [3.05, 3.63) is 46.2 Å². The molecule has 110 valence electrons. The Morgan fingerprint density at radius 3 is 2.24 bits per heavy atom. The Morgan fingerprint density at radius 2 is 1.76 bits per heavy atom. The lowest BCUT2D eigenvalue weighted by Gasteiger charge is -2.12. The summed E-state index contributed by atoms with van der Waals surface area (Å²) < 4.78 is 15.8. The zero-order chi connectivity index (χ0) is 15.2. The van der Waals surface area contributed by atoms with Crippen LogP contribution in [-0.2, 0) is 0 Å². The number of thiophene rings is 1. The van der Waals surface area contributed by atoms with Gasteiger partial charge < -0.3 is 14.2 Å². The van der Waals surface area contributed by atoms with Gasteiger partial charge in [-0.3, -0.25) is 4.79 Å². The molecule has 1 aromatic heterocycles. The van der Waals surface area contributed by atoms with Gasteiger partial charge >= 0.3 is 0 Å². The molecule has 0 atom stereocenters. The van der Waals surface area contributed by atoms with E-state index >= 15 is 0 Å². The number of allylic oxidation sites excluding steroid dienone is 1. The van der Waals surface area contributed by atoms with E-state index < -0.39 is 0 Å². The van der Waals surface area contributed by atoms with Gasteiger partial charge in [0, 0.05) is 0 Å². The van der Waals surface area contributed by atoms with E-state index in [-0.39, 0.29) is 5.78 Å². The summed E-state index contributed by atoms with van der Waals surface area (Å²) in [5.74, 6) is 1.61. The smallest absolute Gasteiger partial charge is 0.203 e. The molecule has 0 N–H and O–H groups in total. The van der Waals surface area contributed by atoms with Crippen molar-refractivity contribution in [3.63, 3.8) is 0 Å². The fraction of sp³-hybridized carbons (Fsp3) is 0.188. The highest BCUT2D eigenvalue weighted by Gasteiger charge is 2.12. The van der Waals surface area contributed by atoms with Crippen LogP contribution in [0.25, 0.3) is 6.08 Å². The van der Waals surface area contributed by atoms with Crippen molar-refractivity contribution >= 4 is 23.2 Å². The summed E-state index contributed by atoms with van der Waals surface area (Å²) in [7, 11) is 4.67. The van der Waals surface area contributed by atoms with Crippen LogP contribution in [0.4, 0.5) is 0 Å². The van der Waals surface area contributed by atoms with E-state index in [4.69, 9.17) is 14.2 Å². The number of carbonyl (C=O) groups is 1. The lowest BCUT2D eigenvalue weighted by Crippen LogP contribution is -1.96. The SMILES string of the molecule is COc1cc(/C=C/C(=O)c2cccs2)cc(OC)c1OC. The summed E-state index contributed by atoms with van der Waals surface area (Å²) in [6, 6.07) is 7.23. The molecule has 0 aliphatic carbocycles. The van der Waals surface area contributed by atoms with Gasteiger partial charge in [0.15, 0.2) is 17.3 Å². The average molecular weight is 304 g/mol. The molecule has 0 unspecified atom stereocenters. The predicted octanol–water partition coefficient (Wildman–Crippen LogP) is 3.67. The Bertz CT molecular complexity index is 619. The quantitative estimate of drug-likeness (QED) is 0.603. The molecular weight excluding hydrogens is 288 g/mol. The van der Waals surface area contributed by atoms with Gasteiger partial charge in [-0.2, -0.15) is 0 Å². The van der Waals surface area contributed by atoms with Gasteiger partial charge in [-0.05, 0) is 35.2 Å². The molecule has 0 saturated carbocycles. The van der Waals surface area contributed by atoms with Crippen LogP contribution < -0.4 is 14.2 Å². The zero-order valence-corrected chi connectivity index (χ0v) is 12.9. The second-order valence-corrected chi connectivity index (χ2v) is 5.08. The van der Waals surface area contributed by atoms with Crippen molar-refractivity contribution in [3.8, 4) is 17.2 Å². The van der Waals surface area contributed by atoms with Crippen LogP contribution in [0, 0.1) is 0 Å². The standard InChI is InChI=1S/C16H16O4S/c1-18-13-9-11(10-14(19-2)16(13)20-3)6-7-12(17)15-5-4-8-21-15/h4-10H,1-3H3/b7-6+. The number of benzene rings is 1. The van der Waals surface area contributed by atoms with Crippen LogP contribution in [0.3, 0.4) is 0 Å². The minimum absolute atomic E-state index is 0.0289. The van der Waals surface area contributed by atoms with Crippen molar-refractivity contribution in [2.45, 2.75) is 0 Å². The van der Waals surface area contributed by atoms with Gasteiger partial charge in [0.25, 0.3) is 0 Å². The minimum Gasteiger partial charge on any atom is -0.493 e. The number of rotatable bonds is 6. The van der Waals surface area contributed by atoms with Gasteiger partial charge in [0.2, 0.25) is 5.75 Å². The molecule has 0 amide bonds. The van der Waals surface area contributed by atoms with Gasteiger partial charge in [0.05, 0.1) is 26.2 Å². The fourth-order valence-electron chi connectivity index (χ4n) is 1.87. The maximum atomic E-state index is 11.9. The second-order valence-electron chi connectivity index (χ2n) is 4.13.